The second-order valence-corrected chi connectivity index (χ2v) is 11.1. The molecule has 2 atom stereocenters. The number of carbonyl (C=O) groups is 1. The van der Waals surface area contributed by atoms with Gasteiger partial charge in [0, 0.05) is 65.2 Å². The average Bonchev–Trinajstić information content (AvgIpc) is 3.27. The highest BCUT2D eigenvalue weighted by molar-refractivity contribution is 5.88. The van der Waals surface area contributed by atoms with E-state index in [0.717, 1.165) is 67.5 Å². The Morgan fingerprint density at radius 1 is 1.22 bits per heavy atom. The van der Waals surface area contributed by atoms with Gasteiger partial charge in [0.25, 0.3) is 0 Å². The molecule has 0 unspecified atom stereocenters. The van der Waals surface area contributed by atoms with Gasteiger partial charge in [0.1, 0.15) is 11.6 Å². The van der Waals surface area contributed by atoms with Gasteiger partial charge in [-0.05, 0) is 56.4 Å². The molecule has 2 fully saturated rings. The minimum Gasteiger partial charge on any atom is -0.497 e. The number of nitrogens with zero attached hydrogens (tertiary/aromatic N) is 2. The number of aliphatic hydroxyl groups excluding tert-OH is 1. The van der Waals surface area contributed by atoms with Crippen LogP contribution < -0.4 is 4.74 Å². The maximum atomic E-state index is 14.9. The summed E-state index contributed by atoms with van der Waals surface area (Å²) < 4.78 is 20.4. The zero-order valence-corrected chi connectivity index (χ0v) is 21.7. The number of ether oxygens (including phenoxy) is 1. The smallest absolute Gasteiger partial charge is 0.225 e. The molecule has 1 saturated carbocycles. The number of carbonyl (C=O) groups excluding carboxylic acids is 1. The molecule has 1 aliphatic carbocycles. The van der Waals surface area contributed by atoms with Crippen LogP contribution in [0.15, 0.2) is 42.5 Å². The number of fused-ring (bicyclic) bond motifs is 4. The zero-order chi connectivity index (χ0) is 25.7. The summed E-state index contributed by atoms with van der Waals surface area (Å²) in [5.74, 6) is 1.06. The lowest BCUT2D eigenvalue weighted by Gasteiger charge is -2.52. The Labute approximate surface area is 217 Å². The molecule has 0 bridgehead atoms. The number of benzene rings is 2. The van der Waals surface area contributed by atoms with Crippen LogP contribution in [0.25, 0.3) is 10.9 Å². The van der Waals surface area contributed by atoms with Crippen LogP contribution in [-0.2, 0) is 10.2 Å². The number of amides is 1. The molecule has 37 heavy (non-hydrogen) atoms. The molecule has 7 heteroatoms. The van der Waals surface area contributed by atoms with Gasteiger partial charge in [0.15, 0.2) is 0 Å². The van der Waals surface area contributed by atoms with E-state index in [9.17, 15) is 14.3 Å². The topological polar surface area (TPSA) is 68.8 Å². The Morgan fingerprint density at radius 2 is 1.97 bits per heavy atom. The average molecular weight is 506 g/mol. The number of hydrogen-bond donors (Lipinski definition) is 2. The number of aromatic amines is 1. The minimum absolute atomic E-state index is 0.0713. The fourth-order valence-electron chi connectivity index (χ4n) is 6.92. The molecule has 2 N–H and O–H groups in total. The summed E-state index contributed by atoms with van der Waals surface area (Å²) in [6, 6.07) is 12.5. The lowest BCUT2D eigenvalue weighted by Crippen LogP contribution is -2.55. The van der Waals surface area contributed by atoms with Crippen LogP contribution in [0.2, 0.25) is 0 Å². The van der Waals surface area contributed by atoms with E-state index in [-0.39, 0.29) is 35.8 Å². The highest BCUT2D eigenvalue weighted by atomic mass is 19.1. The first-order chi connectivity index (χ1) is 18.0. The number of hydrogen-bond acceptors (Lipinski definition) is 4. The lowest BCUT2D eigenvalue weighted by atomic mass is 9.67. The van der Waals surface area contributed by atoms with Crippen LogP contribution in [0.1, 0.15) is 67.9 Å². The SMILES string of the molecule is COc1ccc2c3c([nH]c2c1)[C@H](CO)N([C@H](C)c1ccccc1F)CC31CCN(C(=O)C2CCC2)CC1. The zero-order valence-electron chi connectivity index (χ0n) is 21.7. The summed E-state index contributed by atoms with van der Waals surface area (Å²) in [6.45, 7) is 4.11. The Morgan fingerprint density at radius 3 is 2.62 bits per heavy atom. The molecular weight excluding hydrogens is 469 g/mol. The predicted molar refractivity (Wildman–Crippen MR) is 141 cm³/mol. The molecule has 1 aromatic heterocycles. The normalized spacial score (nSPS) is 22.6. The maximum absolute atomic E-state index is 14.9. The van der Waals surface area contributed by atoms with Crippen molar-refractivity contribution in [3.05, 3.63) is 65.1 Å². The number of likely N-dealkylation sites (tertiary alicyclic amines) is 1. The first-order valence-corrected chi connectivity index (χ1v) is 13.6. The summed E-state index contributed by atoms with van der Waals surface area (Å²) in [6.07, 6.45) is 4.87. The van der Waals surface area contributed by atoms with Crippen molar-refractivity contribution in [3.8, 4) is 5.75 Å². The first-order valence-electron chi connectivity index (χ1n) is 13.6. The third-order valence-corrected chi connectivity index (χ3v) is 9.30. The lowest BCUT2D eigenvalue weighted by molar-refractivity contribution is -0.140. The molecule has 2 aliphatic heterocycles. The fraction of sp³-hybridized carbons (Fsp3) is 0.500. The number of methoxy groups -OCH3 is 1. The summed E-state index contributed by atoms with van der Waals surface area (Å²) in [5.41, 5.74) is 3.66. The van der Waals surface area contributed by atoms with Gasteiger partial charge in [-0.15, -0.1) is 0 Å². The highest BCUT2D eigenvalue weighted by Gasteiger charge is 2.49. The van der Waals surface area contributed by atoms with Crippen molar-refractivity contribution in [2.24, 2.45) is 5.92 Å². The van der Waals surface area contributed by atoms with E-state index in [0.29, 0.717) is 18.0 Å². The number of aromatic nitrogens is 1. The van der Waals surface area contributed by atoms with Crippen molar-refractivity contribution >= 4 is 16.8 Å². The van der Waals surface area contributed by atoms with E-state index in [1.165, 1.54) is 11.6 Å². The Hall–Kier alpha value is -2.90. The number of H-pyrrole nitrogens is 1. The molecule has 2 aromatic carbocycles. The van der Waals surface area contributed by atoms with Crippen LogP contribution in [0.5, 0.6) is 5.75 Å². The van der Waals surface area contributed by atoms with E-state index in [1.54, 1.807) is 13.2 Å². The third kappa shape index (κ3) is 3.94. The van der Waals surface area contributed by atoms with E-state index in [1.807, 2.05) is 31.2 Å². The van der Waals surface area contributed by atoms with Crippen LogP contribution >= 0.6 is 0 Å². The molecule has 1 saturated heterocycles. The standard InChI is InChI=1S/C30H36FN3O3/c1-19(22-8-3-4-9-24(22)31)34-18-30(12-14-33(15-13-30)29(36)20-6-5-7-20)27-23-11-10-21(37-2)16-25(23)32-28(27)26(34)17-35/h3-4,8-11,16,19-20,26,32,35H,5-7,12-15,17-18H2,1-2H3/t19-,26+/m1/s1. The van der Waals surface area contributed by atoms with Crippen LogP contribution in [0.3, 0.4) is 0 Å². The van der Waals surface area contributed by atoms with Crippen LogP contribution in [0.4, 0.5) is 4.39 Å². The maximum Gasteiger partial charge on any atom is 0.225 e. The van der Waals surface area contributed by atoms with Crippen molar-refractivity contribution in [3.63, 3.8) is 0 Å². The summed E-state index contributed by atoms with van der Waals surface area (Å²) in [5, 5.41) is 11.8. The summed E-state index contributed by atoms with van der Waals surface area (Å²) in [7, 11) is 1.66. The van der Waals surface area contributed by atoms with Crippen molar-refractivity contribution in [2.45, 2.75) is 56.5 Å². The molecule has 1 amide bonds. The molecule has 3 aliphatic rings. The van der Waals surface area contributed by atoms with Gasteiger partial charge >= 0.3 is 0 Å². The van der Waals surface area contributed by atoms with Gasteiger partial charge in [0.05, 0.1) is 19.8 Å². The second-order valence-electron chi connectivity index (χ2n) is 11.1. The molecule has 3 heterocycles. The van der Waals surface area contributed by atoms with Gasteiger partial charge in [-0.1, -0.05) is 24.6 Å². The van der Waals surface area contributed by atoms with Gasteiger partial charge < -0.3 is 19.7 Å². The first kappa shape index (κ1) is 24.4. The monoisotopic (exact) mass is 505 g/mol. The van der Waals surface area contributed by atoms with Gasteiger partial charge in [-0.25, -0.2) is 4.39 Å². The molecule has 6 nitrogen and oxygen atoms in total. The number of aliphatic hydroxyl groups is 1. The number of nitrogens with one attached hydrogen (secondary N) is 1. The Kier molecular flexibility index (Phi) is 6.24. The summed E-state index contributed by atoms with van der Waals surface area (Å²) in [4.78, 5) is 21.0. The highest BCUT2D eigenvalue weighted by Crippen LogP contribution is 2.51. The molecule has 3 aromatic rings. The van der Waals surface area contributed by atoms with Crippen molar-refractivity contribution in [1.82, 2.24) is 14.8 Å². The molecular formula is C30H36FN3O3. The molecule has 6 rings (SSSR count). The van der Waals surface area contributed by atoms with Crippen LogP contribution in [-0.4, -0.2) is 59.1 Å². The van der Waals surface area contributed by atoms with Crippen molar-refractivity contribution < 1.29 is 19.0 Å². The Balaban J connectivity index is 1.43. The van der Waals surface area contributed by atoms with Gasteiger partial charge in [0.2, 0.25) is 5.91 Å². The van der Waals surface area contributed by atoms with Crippen molar-refractivity contribution in [2.75, 3.05) is 33.4 Å². The molecule has 196 valence electrons. The molecule has 0 radical (unpaired) electrons. The largest absolute Gasteiger partial charge is 0.497 e. The number of halogens is 1. The molecule has 1 spiro atoms. The Bertz CT molecular complexity index is 1310. The van der Waals surface area contributed by atoms with Gasteiger partial charge in [-0.3, -0.25) is 9.69 Å². The van der Waals surface area contributed by atoms with Gasteiger partial charge in [-0.2, -0.15) is 0 Å². The van der Waals surface area contributed by atoms with Crippen LogP contribution in [0, 0.1) is 11.7 Å². The number of rotatable bonds is 5. The number of piperidine rings is 1. The van der Waals surface area contributed by atoms with E-state index in [2.05, 4.69) is 20.9 Å². The van der Waals surface area contributed by atoms with E-state index in [4.69, 9.17) is 4.74 Å². The predicted octanol–water partition coefficient (Wildman–Crippen LogP) is 5.09. The van der Waals surface area contributed by atoms with Crippen molar-refractivity contribution in [1.29, 1.82) is 0 Å². The van der Waals surface area contributed by atoms with E-state index >= 15 is 0 Å². The van der Waals surface area contributed by atoms with E-state index < -0.39 is 0 Å². The second kappa shape index (κ2) is 9.44. The quantitative estimate of drug-likeness (QED) is 0.507. The third-order valence-electron chi connectivity index (χ3n) is 9.30. The minimum atomic E-state index is -0.289. The fourth-order valence-corrected chi connectivity index (χ4v) is 6.92. The summed E-state index contributed by atoms with van der Waals surface area (Å²) >= 11 is 0.